The van der Waals surface area contributed by atoms with Gasteiger partial charge in [-0.15, -0.1) is 0 Å². The fourth-order valence-electron chi connectivity index (χ4n) is 2.45. The number of benzene rings is 1. The van der Waals surface area contributed by atoms with Crippen LogP contribution in [0.5, 0.6) is 0 Å². The van der Waals surface area contributed by atoms with Crippen LogP contribution in [0.2, 0.25) is 0 Å². The Labute approximate surface area is 147 Å². The number of methoxy groups -OCH3 is 1. The molecule has 0 spiro atoms. The van der Waals surface area contributed by atoms with Crippen LogP contribution in [0, 0.1) is 6.92 Å². The summed E-state index contributed by atoms with van der Waals surface area (Å²) in [6.07, 6.45) is 0. The third kappa shape index (κ3) is 4.87. The summed E-state index contributed by atoms with van der Waals surface area (Å²) in [5.41, 5.74) is 2.60. The quantitative estimate of drug-likeness (QED) is 0.816. The summed E-state index contributed by atoms with van der Waals surface area (Å²) in [7, 11) is 5.21. The maximum atomic E-state index is 12.4. The van der Waals surface area contributed by atoms with E-state index in [1.165, 1.54) is 18.7 Å². The van der Waals surface area contributed by atoms with Crippen LogP contribution in [0.1, 0.15) is 38.1 Å². The fraction of sp³-hybridized carbons (Fsp3) is 0.316. The van der Waals surface area contributed by atoms with E-state index in [1.54, 1.807) is 12.1 Å². The van der Waals surface area contributed by atoms with Crippen molar-refractivity contribution in [2.45, 2.75) is 13.0 Å². The van der Waals surface area contributed by atoms with Gasteiger partial charge in [-0.2, -0.15) is 0 Å². The maximum Gasteiger partial charge on any atom is 0.356 e. The highest BCUT2D eigenvalue weighted by Gasteiger charge is 2.17. The number of pyridine rings is 1. The molecule has 0 fully saturated rings. The molecule has 0 saturated carbocycles. The van der Waals surface area contributed by atoms with Crippen LogP contribution in [-0.4, -0.2) is 49.5 Å². The molecule has 25 heavy (non-hydrogen) atoms. The molecule has 1 amide bonds. The summed E-state index contributed by atoms with van der Waals surface area (Å²) in [6.45, 7) is 2.47. The molecular formula is C19H23N3O3. The van der Waals surface area contributed by atoms with Crippen molar-refractivity contribution in [3.05, 3.63) is 65.0 Å². The minimum Gasteiger partial charge on any atom is -0.464 e. The number of carbonyl (C=O) groups is 2. The van der Waals surface area contributed by atoms with Gasteiger partial charge in [0.1, 0.15) is 11.4 Å². The first-order valence-electron chi connectivity index (χ1n) is 7.99. The number of hydrogen-bond acceptors (Lipinski definition) is 5. The Morgan fingerprint density at radius 3 is 2.36 bits per heavy atom. The first kappa shape index (κ1) is 18.6. The summed E-state index contributed by atoms with van der Waals surface area (Å²) in [4.78, 5) is 30.0. The lowest BCUT2D eigenvalue weighted by Crippen LogP contribution is -2.35. The summed E-state index contributed by atoms with van der Waals surface area (Å²) in [5, 5.41) is 2.88. The van der Waals surface area contributed by atoms with E-state index in [1.807, 2.05) is 25.9 Å². The van der Waals surface area contributed by atoms with Crippen molar-refractivity contribution >= 4 is 11.9 Å². The lowest BCUT2D eigenvalue weighted by atomic mass is 10.0. The van der Waals surface area contributed by atoms with Gasteiger partial charge in [0.2, 0.25) is 0 Å². The monoisotopic (exact) mass is 341 g/mol. The van der Waals surface area contributed by atoms with Crippen molar-refractivity contribution in [1.82, 2.24) is 15.2 Å². The number of amides is 1. The second-order valence-electron chi connectivity index (χ2n) is 6.00. The number of nitrogens with zero attached hydrogens (tertiary/aromatic N) is 2. The summed E-state index contributed by atoms with van der Waals surface area (Å²) in [6, 6.07) is 12.9. The molecule has 2 rings (SSSR count). The van der Waals surface area contributed by atoms with Gasteiger partial charge in [-0.3, -0.25) is 4.79 Å². The molecule has 1 heterocycles. The Hall–Kier alpha value is -2.73. The second-order valence-corrected chi connectivity index (χ2v) is 6.00. The molecule has 0 aliphatic carbocycles. The number of likely N-dealkylation sites (N-methyl/N-ethyl adjacent to an activating group) is 1. The largest absolute Gasteiger partial charge is 0.464 e. The number of aryl methyl sites for hydroxylation is 1. The van der Waals surface area contributed by atoms with Gasteiger partial charge in [-0.05, 0) is 38.7 Å². The van der Waals surface area contributed by atoms with E-state index in [0.717, 1.165) is 5.56 Å². The van der Waals surface area contributed by atoms with Crippen LogP contribution in [0.25, 0.3) is 0 Å². The molecule has 1 aromatic heterocycles. The average molecular weight is 341 g/mol. The van der Waals surface area contributed by atoms with Crippen LogP contribution in [-0.2, 0) is 4.74 Å². The number of hydrogen-bond donors (Lipinski definition) is 1. The van der Waals surface area contributed by atoms with Crippen molar-refractivity contribution in [1.29, 1.82) is 0 Å². The van der Waals surface area contributed by atoms with Gasteiger partial charge in [0, 0.05) is 6.54 Å². The zero-order valence-corrected chi connectivity index (χ0v) is 14.9. The SMILES string of the molecule is COC(=O)c1cccc(C(=O)NC[C@H](c2ccc(C)cc2)N(C)C)n1. The predicted octanol–water partition coefficient (Wildman–Crippen LogP) is 2.21. The highest BCUT2D eigenvalue weighted by atomic mass is 16.5. The Balaban J connectivity index is 2.09. The van der Waals surface area contributed by atoms with Crippen LogP contribution in [0.3, 0.4) is 0 Å². The van der Waals surface area contributed by atoms with Gasteiger partial charge in [-0.1, -0.05) is 35.9 Å². The fourth-order valence-corrected chi connectivity index (χ4v) is 2.45. The third-order valence-electron chi connectivity index (χ3n) is 3.92. The molecule has 1 atom stereocenters. The Kier molecular flexibility index (Phi) is 6.25. The number of rotatable bonds is 6. The number of aromatic nitrogens is 1. The van der Waals surface area contributed by atoms with Crippen molar-refractivity contribution in [2.24, 2.45) is 0 Å². The van der Waals surface area contributed by atoms with Gasteiger partial charge < -0.3 is 15.0 Å². The summed E-state index contributed by atoms with van der Waals surface area (Å²) >= 11 is 0. The molecule has 2 aromatic rings. The minimum absolute atomic E-state index is 0.0355. The van der Waals surface area contributed by atoms with Crippen molar-refractivity contribution in [3.63, 3.8) is 0 Å². The zero-order valence-electron chi connectivity index (χ0n) is 14.9. The molecular weight excluding hydrogens is 318 g/mol. The second kappa shape index (κ2) is 8.39. The topological polar surface area (TPSA) is 71.5 Å². The van der Waals surface area contributed by atoms with E-state index >= 15 is 0 Å². The molecule has 1 aromatic carbocycles. The number of esters is 1. The van der Waals surface area contributed by atoms with Gasteiger partial charge >= 0.3 is 5.97 Å². The molecule has 0 unspecified atom stereocenters. The van der Waals surface area contributed by atoms with E-state index in [-0.39, 0.29) is 23.3 Å². The number of nitrogens with one attached hydrogen (secondary N) is 1. The summed E-state index contributed by atoms with van der Waals surface area (Å²) < 4.78 is 4.63. The molecule has 0 bridgehead atoms. The van der Waals surface area contributed by atoms with Crippen molar-refractivity contribution < 1.29 is 14.3 Å². The molecule has 6 nitrogen and oxygen atoms in total. The molecule has 0 saturated heterocycles. The standard InChI is InChI=1S/C19H23N3O3/c1-13-8-10-14(11-9-13)17(22(2)3)12-20-18(23)15-6-5-7-16(21-15)19(24)25-4/h5-11,17H,12H2,1-4H3,(H,20,23)/t17-/m1/s1. The van der Waals surface area contributed by atoms with Crippen LogP contribution >= 0.6 is 0 Å². The number of carbonyl (C=O) groups excluding carboxylic acids is 2. The molecule has 132 valence electrons. The average Bonchev–Trinajstić information content (AvgIpc) is 2.62. The minimum atomic E-state index is -0.569. The lowest BCUT2D eigenvalue weighted by Gasteiger charge is -2.25. The highest BCUT2D eigenvalue weighted by molar-refractivity contribution is 5.94. The number of ether oxygens (including phenoxy) is 1. The molecule has 0 aliphatic rings. The van der Waals surface area contributed by atoms with Crippen molar-refractivity contribution in [2.75, 3.05) is 27.7 Å². The van der Waals surface area contributed by atoms with Gasteiger partial charge in [0.25, 0.3) is 5.91 Å². The van der Waals surface area contributed by atoms with Gasteiger partial charge in [-0.25, -0.2) is 9.78 Å². The van der Waals surface area contributed by atoms with E-state index in [9.17, 15) is 9.59 Å². The zero-order chi connectivity index (χ0) is 18.4. The normalized spacial score (nSPS) is 11.9. The maximum absolute atomic E-state index is 12.4. The molecule has 0 aliphatic heterocycles. The molecule has 6 heteroatoms. The highest BCUT2D eigenvalue weighted by Crippen LogP contribution is 2.18. The predicted molar refractivity (Wildman–Crippen MR) is 95.5 cm³/mol. The molecule has 1 N–H and O–H groups in total. The van der Waals surface area contributed by atoms with E-state index in [4.69, 9.17) is 0 Å². The third-order valence-corrected chi connectivity index (χ3v) is 3.92. The summed E-state index contributed by atoms with van der Waals surface area (Å²) in [5.74, 6) is -0.898. The first-order chi connectivity index (χ1) is 11.9. The van der Waals surface area contributed by atoms with Crippen LogP contribution < -0.4 is 5.32 Å². The Bertz CT molecular complexity index is 742. The van der Waals surface area contributed by atoms with E-state index in [2.05, 4.69) is 39.3 Å². The first-order valence-corrected chi connectivity index (χ1v) is 7.99. The van der Waals surface area contributed by atoms with Gasteiger partial charge in [0.05, 0.1) is 13.2 Å². The lowest BCUT2D eigenvalue weighted by molar-refractivity contribution is 0.0594. The Morgan fingerprint density at radius 2 is 1.76 bits per heavy atom. The van der Waals surface area contributed by atoms with Crippen LogP contribution in [0.15, 0.2) is 42.5 Å². The van der Waals surface area contributed by atoms with Gasteiger partial charge in [0.15, 0.2) is 0 Å². The van der Waals surface area contributed by atoms with E-state index < -0.39 is 5.97 Å². The van der Waals surface area contributed by atoms with Crippen LogP contribution in [0.4, 0.5) is 0 Å². The Morgan fingerprint density at radius 1 is 1.12 bits per heavy atom. The molecule has 0 radical (unpaired) electrons. The van der Waals surface area contributed by atoms with E-state index in [0.29, 0.717) is 6.54 Å². The smallest absolute Gasteiger partial charge is 0.356 e. The van der Waals surface area contributed by atoms with Crippen molar-refractivity contribution in [3.8, 4) is 0 Å².